The number of allylic oxidation sites excluding steroid dienone is 3. The maximum atomic E-state index is 6.53. The Labute approximate surface area is 247 Å². The summed E-state index contributed by atoms with van der Waals surface area (Å²) >= 11 is 0. The van der Waals surface area contributed by atoms with E-state index in [0.717, 1.165) is 57.3 Å². The Morgan fingerprint density at radius 2 is 1.62 bits per heavy atom. The summed E-state index contributed by atoms with van der Waals surface area (Å²) in [6.07, 6.45) is 5.90. The molecule has 42 heavy (non-hydrogen) atoms. The second-order valence-corrected chi connectivity index (χ2v) is 11.7. The van der Waals surface area contributed by atoms with Gasteiger partial charge in [-0.25, -0.2) is 0 Å². The number of nitrogens with zero attached hydrogens (tertiary/aromatic N) is 2. The Hall–Kier alpha value is -4.76. The summed E-state index contributed by atoms with van der Waals surface area (Å²) in [5.41, 5.74) is 13.3. The molecule has 3 heteroatoms. The zero-order valence-electron chi connectivity index (χ0n) is 24.2. The predicted molar refractivity (Wildman–Crippen MR) is 177 cm³/mol. The number of furan rings is 1. The van der Waals surface area contributed by atoms with Gasteiger partial charge in [-0.3, -0.25) is 9.98 Å². The van der Waals surface area contributed by atoms with Crippen LogP contribution in [0.1, 0.15) is 48.4 Å². The lowest BCUT2D eigenvalue weighted by Gasteiger charge is -2.33. The van der Waals surface area contributed by atoms with Crippen molar-refractivity contribution >= 4 is 33.4 Å². The highest BCUT2D eigenvalue weighted by Crippen LogP contribution is 2.40. The van der Waals surface area contributed by atoms with E-state index in [-0.39, 0.29) is 12.0 Å². The van der Waals surface area contributed by atoms with E-state index in [2.05, 4.69) is 112 Å². The summed E-state index contributed by atoms with van der Waals surface area (Å²) < 4.78 is 6.53. The van der Waals surface area contributed by atoms with Gasteiger partial charge >= 0.3 is 0 Å². The van der Waals surface area contributed by atoms with Crippen LogP contribution in [-0.2, 0) is 6.42 Å². The highest BCUT2D eigenvalue weighted by Gasteiger charge is 2.32. The highest BCUT2D eigenvalue weighted by atomic mass is 16.3. The Bertz CT molecular complexity index is 1960. The topological polar surface area (TPSA) is 37.9 Å². The average molecular weight is 547 g/mol. The van der Waals surface area contributed by atoms with Gasteiger partial charge in [0.2, 0.25) is 0 Å². The van der Waals surface area contributed by atoms with Gasteiger partial charge in [0.05, 0.1) is 24.0 Å². The normalized spacial score (nSPS) is 18.4. The molecule has 0 spiro atoms. The van der Waals surface area contributed by atoms with Crippen LogP contribution in [0.3, 0.4) is 0 Å². The van der Waals surface area contributed by atoms with Crippen molar-refractivity contribution < 1.29 is 4.42 Å². The second-order valence-electron chi connectivity index (χ2n) is 11.7. The lowest BCUT2D eigenvalue weighted by atomic mass is 9.77. The number of fused-ring (bicyclic) bond motifs is 7. The maximum absolute atomic E-state index is 6.53. The number of rotatable bonds is 3. The standard InChI is InChI=1S/C39H34N2O/c1-5-35-30-14-10-9-13-29(30)32-18-16-28-21-38-34(22-33(28)36(19-24(2)3)40-23-25(4)39(32)41-35)31-17-15-27(20-37(31)42-38)26-11-7-6-8-12-26/h5-15,17,19-22,32,39H,1,4,16,18,23H2,2-3H3. The molecule has 2 aliphatic rings. The van der Waals surface area contributed by atoms with Gasteiger partial charge in [0.1, 0.15) is 11.2 Å². The van der Waals surface area contributed by atoms with Gasteiger partial charge in [-0.05, 0) is 90.9 Å². The Morgan fingerprint density at radius 1 is 0.833 bits per heavy atom. The number of hydrogen-bond donors (Lipinski definition) is 0. The van der Waals surface area contributed by atoms with Crippen molar-refractivity contribution in [3.8, 4) is 11.1 Å². The van der Waals surface area contributed by atoms with E-state index in [1.807, 2.05) is 12.1 Å². The molecule has 1 aromatic heterocycles. The molecule has 3 heterocycles. The highest BCUT2D eigenvalue weighted by molar-refractivity contribution is 6.15. The molecule has 5 aromatic rings. The Morgan fingerprint density at radius 3 is 2.43 bits per heavy atom. The van der Waals surface area contributed by atoms with Crippen LogP contribution in [0.5, 0.6) is 0 Å². The zero-order valence-corrected chi connectivity index (χ0v) is 24.2. The zero-order chi connectivity index (χ0) is 28.8. The van der Waals surface area contributed by atoms with E-state index in [1.165, 1.54) is 33.4 Å². The van der Waals surface area contributed by atoms with Crippen LogP contribution in [0.15, 0.2) is 136 Å². The van der Waals surface area contributed by atoms with Crippen LogP contribution < -0.4 is 0 Å². The molecule has 2 unspecified atom stereocenters. The van der Waals surface area contributed by atoms with Crippen molar-refractivity contribution in [1.29, 1.82) is 0 Å². The van der Waals surface area contributed by atoms with Crippen LogP contribution in [0.25, 0.3) is 33.1 Å². The number of hydrogen-bond acceptors (Lipinski definition) is 3. The summed E-state index contributed by atoms with van der Waals surface area (Å²) in [7, 11) is 0. The number of aliphatic imine (C=N–C) groups is 2. The Balaban J connectivity index is 1.39. The minimum absolute atomic E-state index is 0.0301. The van der Waals surface area contributed by atoms with Gasteiger partial charge in [-0.15, -0.1) is 0 Å². The van der Waals surface area contributed by atoms with Crippen LogP contribution in [0.4, 0.5) is 0 Å². The first kappa shape index (κ1) is 26.2. The second kappa shape index (κ2) is 10.6. The molecule has 0 saturated carbocycles. The minimum atomic E-state index is -0.0301. The first-order chi connectivity index (χ1) is 20.5. The van der Waals surface area contributed by atoms with Crippen molar-refractivity contribution in [3.05, 3.63) is 144 Å². The third-order valence-electron chi connectivity index (χ3n) is 8.59. The van der Waals surface area contributed by atoms with Gasteiger partial charge in [0, 0.05) is 27.8 Å². The molecule has 0 fully saturated rings. The van der Waals surface area contributed by atoms with Crippen LogP contribution in [-0.4, -0.2) is 24.0 Å². The quantitative estimate of drug-likeness (QED) is 0.208. The molecule has 0 bridgehead atoms. The monoisotopic (exact) mass is 546 g/mol. The van der Waals surface area contributed by atoms with E-state index in [1.54, 1.807) is 0 Å². The lowest BCUT2D eigenvalue weighted by molar-refractivity contribution is 0.536. The lowest BCUT2D eigenvalue weighted by Crippen LogP contribution is -2.29. The summed E-state index contributed by atoms with van der Waals surface area (Å²) in [4.78, 5) is 10.4. The predicted octanol–water partition coefficient (Wildman–Crippen LogP) is 9.65. The van der Waals surface area contributed by atoms with Crippen molar-refractivity contribution in [2.45, 2.75) is 38.6 Å². The number of benzene rings is 4. The summed E-state index contributed by atoms with van der Waals surface area (Å²) in [5, 5.41) is 2.24. The van der Waals surface area contributed by atoms with E-state index in [4.69, 9.17) is 14.4 Å². The maximum Gasteiger partial charge on any atom is 0.136 e. The van der Waals surface area contributed by atoms with Crippen molar-refractivity contribution in [2.24, 2.45) is 9.98 Å². The first-order valence-electron chi connectivity index (χ1n) is 14.7. The van der Waals surface area contributed by atoms with Crippen molar-refractivity contribution in [2.75, 3.05) is 6.54 Å². The van der Waals surface area contributed by atoms with Crippen LogP contribution in [0, 0.1) is 0 Å². The van der Waals surface area contributed by atoms with Gasteiger partial charge in [-0.1, -0.05) is 79.4 Å². The van der Waals surface area contributed by atoms with Crippen LogP contribution >= 0.6 is 0 Å². The smallest absolute Gasteiger partial charge is 0.136 e. The number of aryl methyl sites for hydroxylation is 1. The molecule has 0 saturated heterocycles. The van der Waals surface area contributed by atoms with E-state index < -0.39 is 0 Å². The average Bonchev–Trinajstić information content (AvgIpc) is 3.37. The molecule has 3 nitrogen and oxygen atoms in total. The van der Waals surface area contributed by atoms with Crippen molar-refractivity contribution in [1.82, 2.24) is 0 Å². The Kier molecular flexibility index (Phi) is 6.59. The SMILES string of the molecule is C=CC1=NC2C(=C)CN=C(C=C(C)C)c3cc4c(cc3CCC2c2ccccc21)oc1cc(-c2ccccc2)ccc14. The molecular formula is C39H34N2O. The largest absolute Gasteiger partial charge is 0.456 e. The van der Waals surface area contributed by atoms with Gasteiger partial charge in [-0.2, -0.15) is 0 Å². The molecule has 0 radical (unpaired) electrons. The molecule has 4 aromatic carbocycles. The van der Waals surface area contributed by atoms with Gasteiger partial charge < -0.3 is 4.42 Å². The molecule has 7 rings (SSSR count). The van der Waals surface area contributed by atoms with Gasteiger partial charge in [0.15, 0.2) is 0 Å². The summed E-state index contributed by atoms with van der Waals surface area (Å²) in [6, 6.07) is 30.1. The molecule has 206 valence electrons. The molecule has 2 atom stereocenters. The summed E-state index contributed by atoms with van der Waals surface area (Å²) in [6.45, 7) is 13.4. The first-order valence-corrected chi connectivity index (χ1v) is 14.7. The molecule has 2 aliphatic heterocycles. The fourth-order valence-electron chi connectivity index (χ4n) is 6.58. The molecule has 0 N–H and O–H groups in total. The third kappa shape index (κ3) is 4.55. The molecular weight excluding hydrogens is 512 g/mol. The summed E-state index contributed by atoms with van der Waals surface area (Å²) in [5.74, 6) is 0.227. The fourth-order valence-corrected chi connectivity index (χ4v) is 6.58. The minimum Gasteiger partial charge on any atom is -0.456 e. The van der Waals surface area contributed by atoms with E-state index >= 15 is 0 Å². The fraction of sp³-hybridized carbons (Fsp3) is 0.179. The van der Waals surface area contributed by atoms with E-state index in [0.29, 0.717) is 6.54 Å². The van der Waals surface area contributed by atoms with Gasteiger partial charge in [0.25, 0.3) is 0 Å². The third-order valence-corrected chi connectivity index (χ3v) is 8.59. The molecule has 0 amide bonds. The van der Waals surface area contributed by atoms with E-state index in [9.17, 15) is 0 Å². The van der Waals surface area contributed by atoms with Crippen molar-refractivity contribution in [3.63, 3.8) is 0 Å². The van der Waals surface area contributed by atoms with Crippen LogP contribution in [0.2, 0.25) is 0 Å². The molecule has 0 aliphatic carbocycles.